The summed E-state index contributed by atoms with van der Waals surface area (Å²) in [5.74, 6) is -0.721. The van der Waals surface area contributed by atoms with Crippen molar-refractivity contribution in [3.05, 3.63) is 51.3 Å². The van der Waals surface area contributed by atoms with E-state index in [2.05, 4.69) is 15.5 Å². The van der Waals surface area contributed by atoms with Crippen molar-refractivity contribution in [2.45, 2.75) is 6.92 Å². The Bertz CT molecular complexity index is 955. The van der Waals surface area contributed by atoms with Crippen molar-refractivity contribution < 1.29 is 13.7 Å². The number of carbonyl (C=O) groups excluding carboxylic acids is 1. The van der Waals surface area contributed by atoms with Crippen molar-refractivity contribution >= 4 is 46.4 Å². The number of benzene rings is 1. The van der Waals surface area contributed by atoms with Gasteiger partial charge in [-0.2, -0.15) is 0 Å². The lowest BCUT2D eigenvalue weighted by Crippen LogP contribution is -2.07. The summed E-state index contributed by atoms with van der Waals surface area (Å²) in [6.07, 6.45) is 1.31. The molecule has 9 heteroatoms. The Balaban J connectivity index is 2.08. The maximum Gasteiger partial charge on any atom is 0.221 e. The highest BCUT2D eigenvalue weighted by Gasteiger charge is 2.20. The molecule has 0 aliphatic carbocycles. The lowest BCUT2D eigenvalue weighted by atomic mass is 10.1. The number of aromatic nitrogens is 2. The predicted molar refractivity (Wildman–Crippen MR) is 94.5 cm³/mol. The van der Waals surface area contributed by atoms with Gasteiger partial charge in [-0.15, -0.1) is 0 Å². The average molecular weight is 401 g/mol. The Hall–Kier alpha value is -2.15. The van der Waals surface area contributed by atoms with Crippen LogP contribution < -0.4 is 5.32 Å². The van der Waals surface area contributed by atoms with Crippen LogP contribution in [0, 0.1) is 5.82 Å². The Morgan fingerprint density at radius 1 is 1.24 bits per heavy atom. The van der Waals surface area contributed by atoms with E-state index in [1.807, 2.05) is 0 Å². The second-order valence-electron chi connectivity index (χ2n) is 5.00. The molecule has 0 spiro atoms. The Morgan fingerprint density at radius 2 is 2.00 bits per heavy atom. The van der Waals surface area contributed by atoms with Crippen LogP contribution in [0.2, 0.25) is 15.1 Å². The smallest absolute Gasteiger partial charge is 0.221 e. The molecule has 0 aliphatic heterocycles. The summed E-state index contributed by atoms with van der Waals surface area (Å²) in [5.41, 5.74) is 0.682. The first kappa shape index (κ1) is 17.7. The molecule has 5 nitrogen and oxygen atoms in total. The third-order valence-electron chi connectivity index (χ3n) is 3.24. The molecule has 0 aliphatic rings. The summed E-state index contributed by atoms with van der Waals surface area (Å²) < 4.78 is 19.2. The van der Waals surface area contributed by atoms with Crippen molar-refractivity contribution in [1.82, 2.24) is 10.1 Å². The minimum absolute atomic E-state index is 0.0741. The molecule has 1 amide bonds. The topological polar surface area (TPSA) is 68.0 Å². The monoisotopic (exact) mass is 399 g/mol. The molecule has 1 N–H and O–H groups in total. The van der Waals surface area contributed by atoms with E-state index in [1.54, 1.807) is 0 Å². The number of hydrogen-bond acceptors (Lipinski definition) is 4. The van der Waals surface area contributed by atoms with Crippen LogP contribution >= 0.6 is 34.8 Å². The molecule has 0 unspecified atom stereocenters. The molecule has 0 saturated heterocycles. The van der Waals surface area contributed by atoms with Crippen LogP contribution in [0.1, 0.15) is 6.92 Å². The largest absolute Gasteiger partial charge is 0.354 e. The lowest BCUT2D eigenvalue weighted by Gasteiger charge is -2.09. The zero-order chi connectivity index (χ0) is 18.1. The molecular formula is C16H9Cl3FN3O2. The number of nitrogens with zero attached hydrogens (tertiary/aromatic N) is 2. The van der Waals surface area contributed by atoms with Gasteiger partial charge in [-0.05, 0) is 12.1 Å². The normalized spacial score (nSPS) is 10.8. The standard InChI is InChI=1S/C16H9Cl3FN3O2/c1-7(24)22-15-9(18)6-21-16(14(15)19)12-5-11(23-25-12)13-8(17)3-2-4-10(13)20/h2-6H,1H3,(H,21,22,24). The molecule has 0 bridgehead atoms. The number of rotatable bonds is 3. The highest BCUT2D eigenvalue weighted by atomic mass is 35.5. The fraction of sp³-hybridized carbons (Fsp3) is 0.0625. The first-order valence-electron chi connectivity index (χ1n) is 6.91. The molecular weight excluding hydrogens is 392 g/mol. The van der Waals surface area contributed by atoms with Gasteiger partial charge in [0.05, 0.1) is 26.3 Å². The molecule has 0 fully saturated rings. The van der Waals surface area contributed by atoms with Crippen molar-refractivity contribution in [3.63, 3.8) is 0 Å². The fourth-order valence-corrected chi connectivity index (χ4v) is 2.96. The minimum Gasteiger partial charge on any atom is -0.354 e. The van der Waals surface area contributed by atoms with E-state index >= 15 is 0 Å². The van der Waals surface area contributed by atoms with Gasteiger partial charge in [0.2, 0.25) is 5.91 Å². The van der Waals surface area contributed by atoms with Gasteiger partial charge < -0.3 is 9.84 Å². The summed E-state index contributed by atoms with van der Waals surface area (Å²) in [6, 6.07) is 5.73. The van der Waals surface area contributed by atoms with Crippen LogP contribution in [-0.4, -0.2) is 16.0 Å². The van der Waals surface area contributed by atoms with Crippen LogP contribution in [0.5, 0.6) is 0 Å². The average Bonchev–Trinajstić information content (AvgIpc) is 3.00. The molecule has 2 heterocycles. The second kappa shape index (κ2) is 7.00. The van der Waals surface area contributed by atoms with Crippen molar-refractivity contribution in [3.8, 4) is 22.7 Å². The molecule has 128 valence electrons. The minimum atomic E-state index is -0.540. The molecule has 25 heavy (non-hydrogen) atoms. The van der Waals surface area contributed by atoms with Crippen LogP contribution in [0.25, 0.3) is 22.7 Å². The van der Waals surface area contributed by atoms with E-state index in [0.29, 0.717) is 0 Å². The summed E-state index contributed by atoms with van der Waals surface area (Å²) in [6.45, 7) is 1.32. The van der Waals surface area contributed by atoms with Crippen molar-refractivity contribution in [2.24, 2.45) is 0 Å². The van der Waals surface area contributed by atoms with Crippen molar-refractivity contribution in [1.29, 1.82) is 0 Å². The van der Waals surface area contributed by atoms with Crippen molar-refractivity contribution in [2.75, 3.05) is 5.32 Å². The SMILES string of the molecule is CC(=O)Nc1c(Cl)cnc(-c2cc(-c3c(F)cccc3Cl)no2)c1Cl. The predicted octanol–water partition coefficient (Wildman–Crippen LogP) is 5.46. The van der Waals surface area contributed by atoms with E-state index in [0.717, 1.165) is 0 Å². The Morgan fingerprint density at radius 3 is 2.68 bits per heavy atom. The number of halogens is 4. The van der Waals surface area contributed by atoms with Gasteiger partial charge in [0.25, 0.3) is 0 Å². The number of nitrogens with one attached hydrogen (secondary N) is 1. The van der Waals surface area contributed by atoms with Crippen LogP contribution in [-0.2, 0) is 4.79 Å². The number of carbonyl (C=O) groups is 1. The van der Waals surface area contributed by atoms with Gasteiger partial charge in [-0.1, -0.05) is 46.0 Å². The highest BCUT2D eigenvalue weighted by molar-refractivity contribution is 6.41. The van der Waals surface area contributed by atoms with E-state index < -0.39 is 5.82 Å². The maximum atomic E-state index is 14.0. The molecule has 1 aromatic carbocycles. The third-order valence-corrected chi connectivity index (χ3v) is 4.21. The molecule has 0 saturated carbocycles. The number of amides is 1. The zero-order valence-electron chi connectivity index (χ0n) is 12.6. The lowest BCUT2D eigenvalue weighted by molar-refractivity contribution is -0.114. The van der Waals surface area contributed by atoms with Gasteiger partial charge in [-0.25, -0.2) is 9.37 Å². The molecule has 3 aromatic rings. The first-order valence-corrected chi connectivity index (χ1v) is 8.05. The zero-order valence-corrected chi connectivity index (χ0v) is 14.9. The van der Waals surface area contributed by atoms with Gasteiger partial charge in [0.15, 0.2) is 5.76 Å². The van der Waals surface area contributed by atoms with Crippen LogP contribution in [0.3, 0.4) is 0 Å². The quantitative estimate of drug-likeness (QED) is 0.634. The molecule has 0 atom stereocenters. The third kappa shape index (κ3) is 3.46. The van der Waals surface area contributed by atoms with E-state index in [9.17, 15) is 9.18 Å². The summed E-state index contributed by atoms with van der Waals surface area (Å²) in [7, 11) is 0. The summed E-state index contributed by atoms with van der Waals surface area (Å²) in [5, 5.41) is 6.77. The second-order valence-corrected chi connectivity index (χ2v) is 6.19. The number of hydrogen-bond donors (Lipinski definition) is 1. The van der Waals surface area contributed by atoms with Gasteiger partial charge in [0, 0.05) is 19.2 Å². The fourth-order valence-electron chi connectivity index (χ4n) is 2.18. The van der Waals surface area contributed by atoms with E-state index in [4.69, 9.17) is 39.3 Å². The Labute approximate surface area is 156 Å². The maximum absolute atomic E-state index is 14.0. The summed E-state index contributed by atoms with van der Waals surface area (Å²) >= 11 is 18.3. The number of anilines is 1. The molecule has 2 aromatic heterocycles. The van der Waals surface area contributed by atoms with Crippen LogP contribution in [0.4, 0.5) is 10.1 Å². The van der Waals surface area contributed by atoms with Gasteiger partial charge in [-0.3, -0.25) is 4.79 Å². The molecule has 3 rings (SSSR count). The van der Waals surface area contributed by atoms with Gasteiger partial charge in [0.1, 0.15) is 17.2 Å². The highest BCUT2D eigenvalue weighted by Crippen LogP contribution is 2.39. The Kier molecular flexibility index (Phi) is 4.94. The molecule has 0 radical (unpaired) electrons. The summed E-state index contributed by atoms with van der Waals surface area (Å²) in [4.78, 5) is 15.4. The van der Waals surface area contributed by atoms with E-state index in [-0.39, 0.29) is 49.4 Å². The first-order chi connectivity index (χ1) is 11.9. The van der Waals surface area contributed by atoms with E-state index in [1.165, 1.54) is 37.4 Å². The van der Waals surface area contributed by atoms with Gasteiger partial charge >= 0.3 is 0 Å². The number of pyridine rings is 1. The van der Waals surface area contributed by atoms with Crippen LogP contribution in [0.15, 0.2) is 35.0 Å².